The number of halogens is 1. The first kappa shape index (κ1) is 27.5. The third-order valence-electron chi connectivity index (χ3n) is 8.21. The zero-order chi connectivity index (χ0) is 29.8. The van der Waals surface area contributed by atoms with Crippen LogP contribution in [0.1, 0.15) is 47.1 Å². The normalized spacial score (nSPS) is 19.1. The number of nitrogens with two attached hydrogens (primary N) is 1. The van der Waals surface area contributed by atoms with Crippen LogP contribution in [-0.2, 0) is 15.8 Å². The summed E-state index contributed by atoms with van der Waals surface area (Å²) in [7, 11) is 1.49. The van der Waals surface area contributed by atoms with E-state index in [1.54, 1.807) is 44.2 Å². The molecule has 1 aliphatic heterocycles. The van der Waals surface area contributed by atoms with Crippen molar-refractivity contribution in [3.8, 4) is 22.8 Å². The van der Waals surface area contributed by atoms with Gasteiger partial charge in [0.25, 0.3) is 5.91 Å². The molecule has 0 bridgehead atoms. The van der Waals surface area contributed by atoms with E-state index in [1.807, 2.05) is 6.07 Å². The molecule has 216 valence electrons. The molecule has 4 aromatic rings. The summed E-state index contributed by atoms with van der Waals surface area (Å²) >= 11 is 0. The molecule has 2 aromatic carbocycles. The van der Waals surface area contributed by atoms with Gasteiger partial charge in [-0.25, -0.2) is 9.37 Å². The molecule has 1 aliphatic carbocycles. The van der Waals surface area contributed by atoms with Gasteiger partial charge >= 0.3 is 0 Å². The molecule has 1 fully saturated rings. The van der Waals surface area contributed by atoms with Gasteiger partial charge in [-0.15, -0.1) is 5.10 Å². The summed E-state index contributed by atoms with van der Waals surface area (Å²) < 4.78 is 25.1. The number of rotatable bonds is 8. The molecule has 2 atom stereocenters. The largest absolute Gasteiger partial charge is 0.494 e. The Morgan fingerprint density at radius 2 is 1.93 bits per heavy atom. The van der Waals surface area contributed by atoms with Crippen LogP contribution in [0, 0.1) is 18.7 Å². The van der Waals surface area contributed by atoms with Crippen LogP contribution in [0.5, 0.6) is 11.5 Å². The third kappa shape index (κ3) is 4.59. The fraction of sp³-hybridized carbons (Fsp3) is 0.323. The molecule has 1 unspecified atom stereocenters. The Labute approximate surface area is 241 Å². The lowest BCUT2D eigenvalue weighted by molar-refractivity contribution is -0.123. The van der Waals surface area contributed by atoms with Gasteiger partial charge in [0.2, 0.25) is 5.91 Å². The summed E-state index contributed by atoms with van der Waals surface area (Å²) in [4.78, 5) is 30.8. The van der Waals surface area contributed by atoms with Gasteiger partial charge in [-0.05, 0) is 81.1 Å². The van der Waals surface area contributed by atoms with Crippen molar-refractivity contribution >= 4 is 22.7 Å². The van der Waals surface area contributed by atoms with Crippen LogP contribution in [0.25, 0.3) is 22.2 Å². The maximum atomic E-state index is 13.8. The topological polar surface area (TPSA) is 150 Å². The number of methoxy groups -OCH3 is 1. The van der Waals surface area contributed by atoms with Crippen LogP contribution < -0.4 is 20.5 Å². The molecule has 1 saturated carbocycles. The second kappa shape index (κ2) is 10.0. The van der Waals surface area contributed by atoms with Crippen molar-refractivity contribution in [2.24, 2.45) is 11.7 Å². The molecule has 0 saturated heterocycles. The minimum atomic E-state index is -1.57. The van der Waals surface area contributed by atoms with Crippen LogP contribution in [0.15, 0.2) is 48.5 Å². The number of primary amides is 1. The van der Waals surface area contributed by atoms with E-state index in [9.17, 15) is 19.1 Å². The van der Waals surface area contributed by atoms with Crippen molar-refractivity contribution in [3.63, 3.8) is 0 Å². The minimum absolute atomic E-state index is 0.00321. The summed E-state index contributed by atoms with van der Waals surface area (Å²) in [5.41, 5.74) is 6.27. The SMILES string of the molecule is COc1cc(C(=O)NCC(O)(c2cc3c(c(-c4ccc(F)cc4)n2)OC[C@]3(C)C(N)=O)C2CC2)cc2cc(C)nnc12. The Bertz CT molecular complexity index is 1740. The molecule has 10 nitrogen and oxygen atoms in total. The standard InChI is InChI=1S/C31H30FN5O5/c1-16-10-18-11-19(12-23(41-3)25(18)37-36-16)28(38)34-14-31(40,20-6-7-20)24-13-22-27(42-15-30(22,2)29(33)39)26(35-24)17-4-8-21(32)9-5-17/h4-5,8-13,20,40H,6-7,14-15H2,1-3H3,(H2,33,39)(H,34,38)/t30-,31?/m0/s1. The van der Waals surface area contributed by atoms with Crippen LogP contribution in [0.2, 0.25) is 0 Å². The molecule has 42 heavy (non-hydrogen) atoms. The molecule has 3 heterocycles. The number of aromatic nitrogens is 3. The van der Waals surface area contributed by atoms with Gasteiger partial charge < -0.3 is 25.6 Å². The molecule has 2 amide bonds. The highest BCUT2D eigenvalue weighted by Crippen LogP contribution is 2.50. The fourth-order valence-electron chi connectivity index (χ4n) is 5.45. The van der Waals surface area contributed by atoms with Crippen molar-refractivity contribution in [2.45, 2.75) is 37.7 Å². The van der Waals surface area contributed by atoms with Gasteiger partial charge in [0.05, 0.1) is 25.0 Å². The summed E-state index contributed by atoms with van der Waals surface area (Å²) in [6.07, 6.45) is 1.45. The average Bonchev–Trinajstić information content (AvgIpc) is 3.78. The van der Waals surface area contributed by atoms with Crippen molar-refractivity contribution in [3.05, 3.63) is 76.9 Å². The predicted octanol–water partition coefficient (Wildman–Crippen LogP) is 3.31. The van der Waals surface area contributed by atoms with E-state index >= 15 is 0 Å². The summed E-state index contributed by atoms with van der Waals surface area (Å²) in [6.45, 7) is 3.34. The Morgan fingerprint density at radius 1 is 1.19 bits per heavy atom. The van der Waals surface area contributed by atoms with Crippen LogP contribution in [0.3, 0.4) is 0 Å². The van der Waals surface area contributed by atoms with E-state index in [1.165, 1.54) is 19.2 Å². The average molecular weight is 572 g/mol. The second-order valence-electron chi connectivity index (χ2n) is 11.2. The lowest BCUT2D eigenvalue weighted by atomic mass is 9.81. The summed E-state index contributed by atoms with van der Waals surface area (Å²) in [5.74, 6) is -0.853. The molecule has 2 aliphatic rings. The maximum Gasteiger partial charge on any atom is 0.251 e. The van der Waals surface area contributed by atoms with Gasteiger partial charge in [-0.1, -0.05) is 0 Å². The predicted molar refractivity (Wildman–Crippen MR) is 151 cm³/mol. The van der Waals surface area contributed by atoms with Crippen molar-refractivity contribution in [2.75, 3.05) is 20.3 Å². The van der Waals surface area contributed by atoms with E-state index in [4.69, 9.17) is 20.2 Å². The zero-order valence-electron chi connectivity index (χ0n) is 23.4. The van der Waals surface area contributed by atoms with Gasteiger partial charge in [0.1, 0.15) is 46.1 Å². The number of nitrogens with zero attached hydrogens (tertiary/aromatic N) is 3. The van der Waals surface area contributed by atoms with Gasteiger partial charge in [-0.2, -0.15) is 5.10 Å². The third-order valence-corrected chi connectivity index (χ3v) is 8.21. The van der Waals surface area contributed by atoms with E-state index in [-0.39, 0.29) is 24.8 Å². The highest BCUT2D eigenvalue weighted by atomic mass is 19.1. The Morgan fingerprint density at radius 3 is 2.60 bits per heavy atom. The van der Waals surface area contributed by atoms with Gasteiger partial charge in [0.15, 0.2) is 0 Å². The number of amides is 2. The Hall–Kier alpha value is -4.64. The first-order valence-corrected chi connectivity index (χ1v) is 13.6. The fourth-order valence-corrected chi connectivity index (χ4v) is 5.45. The van der Waals surface area contributed by atoms with Crippen molar-refractivity contribution < 1.29 is 28.6 Å². The summed E-state index contributed by atoms with van der Waals surface area (Å²) in [5, 5.41) is 24.0. The molecular weight excluding hydrogens is 541 g/mol. The van der Waals surface area contributed by atoms with Crippen LogP contribution >= 0.6 is 0 Å². The molecule has 11 heteroatoms. The number of carbonyl (C=O) groups excluding carboxylic acids is 2. The quantitative estimate of drug-likeness (QED) is 0.292. The van der Waals surface area contributed by atoms with Crippen molar-refractivity contribution in [1.29, 1.82) is 0 Å². The van der Waals surface area contributed by atoms with E-state index in [2.05, 4.69) is 15.5 Å². The van der Waals surface area contributed by atoms with Crippen LogP contribution in [-0.4, -0.2) is 52.4 Å². The Balaban J connectivity index is 1.39. The summed E-state index contributed by atoms with van der Waals surface area (Å²) in [6, 6.07) is 12.4. The zero-order valence-corrected chi connectivity index (χ0v) is 23.4. The number of fused-ring (bicyclic) bond motifs is 2. The number of aryl methyl sites for hydroxylation is 1. The number of pyridine rings is 1. The molecular formula is C31H30FN5O5. The molecule has 2 aromatic heterocycles. The van der Waals surface area contributed by atoms with Crippen LogP contribution in [0.4, 0.5) is 4.39 Å². The lowest BCUT2D eigenvalue weighted by Gasteiger charge is -2.30. The van der Waals surface area contributed by atoms with E-state index < -0.39 is 28.6 Å². The number of ether oxygens (including phenoxy) is 2. The smallest absolute Gasteiger partial charge is 0.251 e. The number of aliphatic hydroxyl groups is 1. The Kier molecular flexibility index (Phi) is 6.57. The van der Waals surface area contributed by atoms with Gasteiger partial charge in [-0.3, -0.25) is 9.59 Å². The number of hydrogen-bond donors (Lipinski definition) is 3. The second-order valence-corrected chi connectivity index (χ2v) is 11.2. The lowest BCUT2D eigenvalue weighted by Crippen LogP contribution is -2.44. The highest BCUT2D eigenvalue weighted by Gasteiger charge is 2.50. The maximum absolute atomic E-state index is 13.8. The minimum Gasteiger partial charge on any atom is -0.494 e. The first-order valence-electron chi connectivity index (χ1n) is 13.6. The van der Waals surface area contributed by atoms with E-state index in [0.29, 0.717) is 50.5 Å². The van der Waals surface area contributed by atoms with E-state index in [0.717, 1.165) is 12.8 Å². The van der Waals surface area contributed by atoms with Crippen molar-refractivity contribution in [1.82, 2.24) is 20.5 Å². The molecule has 0 spiro atoms. The first-order chi connectivity index (χ1) is 20.0. The molecule has 0 radical (unpaired) electrons. The number of benzene rings is 2. The molecule has 6 rings (SSSR count). The van der Waals surface area contributed by atoms with Gasteiger partial charge in [0, 0.05) is 22.1 Å². The molecule has 4 N–H and O–H groups in total. The number of nitrogens with one attached hydrogen (secondary N) is 1. The number of carbonyl (C=O) groups is 2. The monoisotopic (exact) mass is 571 g/mol. The highest BCUT2D eigenvalue weighted by molar-refractivity contribution is 6.00. The number of hydrogen-bond acceptors (Lipinski definition) is 8.